The zero-order valence-electron chi connectivity index (χ0n) is 15.0. The molecule has 3 aromatic rings. The van der Waals surface area contributed by atoms with Crippen LogP contribution in [0.3, 0.4) is 0 Å². The number of hydrogen-bond donors (Lipinski definition) is 3. The van der Waals surface area contributed by atoms with Crippen molar-refractivity contribution < 1.29 is 9.84 Å². The van der Waals surface area contributed by atoms with Gasteiger partial charge in [0.05, 0.1) is 11.8 Å². The molecule has 6 nitrogen and oxygen atoms in total. The second-order valence-electron chi connectivity index (χ2n) is 6.16. The maximum Gasteiger partial charge on any atom is 0.229 e. The van der Waals surface area contributed by atoms with Crippen LogP contribution in [0.4, 0.5) is 5.95 Å². The Morgan fingerprint density at radius 2 is 1.89 bits per heavy atom. The Morgan fingerprint density at radius 3 is 2.52 bits per heavy atom. The van der Waals surface area contributed by atoms with Gasteiger partial charge in [-0.05, 0) is 43.8 Å². The lowest BCUT2D eigenvalue weighted by Crippen LogP contribution is -2.20. The summed E-state index contributed by atoms with van der Waals surface area (Å²) >= 11 is 4.87. The summed E-state index contributed by atoms with van der Waals surface area (Å²) in [6.07, 6.45) is 1.69. The molecule has 0 aliphatic rings. The van der Waals surface area contributed by atoms with Crippen molar-refractivity contribution >= 4 is 23.3 Å². The number of ether oxygens (including phenoxy) is 1. The van der Waals surface area contributed by atoms with E-state index in [0.29, 0.717) is 17.0 Å². The van der Waals surface area contributed by atoms with Crippen LogP contribution < -0.4 is 15.8 Å². The number of nitrogens with zero attached hydrogens (tertiary/aromatic N) is 2. The molecule has 0 radical (unpaired) electrons. The Hall–Kier alpha value is -3.19. The molecule has 0 bridgehead atoms. The highest BCUT2D eigenvalue weighted by molar-refractivity contribution is 7.80. The van der Waals surface area contributed by atoms with Crippen molar-refractivity contribution in [1.29, 1.82) is 0 Å². The Kier molecular flexibility index (Phi) is 5.52. The number of aromatic nitrogens is 2. The fraction of sp³-hybridized carbons (Fsp3) is 0.150. The van der Waals surface area contributed by atoms with Crippen molar-refractivity contribution in [2.75, 3.05) is 5.32 Å². The van der Waals surface area contributed by atoms with Crippen LogP contribution in [0.2, 0.25) is 0 Å². The molecular formula is C20H20N4O2S. The normalized spacial score (nSPS) is 10.6. The third kappa shape index (κ3) is 4.51. The maximum atomic E-state index is 10.6. The van der Waals surface area contributed by atoms with E-state index in [0.717, 1.165) is 11.1 Å². The molecular weight excluding hydrogens is 360 g/mol. The first-order valence-corrected chi connectivity index (χ1v) is 8.84. The van der Waals surface area contributed by atoms with Crippen molar-refractivity contribution in [3.8, 4) is 33.9 Å². The Bertz CT molecular complexity index is 961. The van der Waals surface area contributed by atoms with Crippen molar-refractivity contribution in [3.05, 3.63) is 54.7 Å². The molecule has 0 aliphatic heterocycles. The van der Waals surface area contributed by atoms with E-state index < -0.39 is 0 Å². The summed E-state index contributed by atoms with van der Waals surface area (Å²) in [6.45, 7) is 3.85. The lowest BCUT2D eigenvalue weighted by atomic mass is 10.00. The van der Waals surface area contributed by atoms with Crippen molar-refractivity contribution in [2.45, 2.75) is 20.0 Å². The number of anilines is 1. The number of phenols is 1. The molecule has 7 heteroatoms. The van der Waals surface area contributed by atoms with E-state index in [9.17, 15) is 5.11 Å². The third-order valence-corrected chi connectivity index (χ3v) is 3.81. The molecule has 27 heavy (non-hydrogen) atoms. The monoisotopic (exact) mass is 380 g/mol. The van der Waals surface area contributed by atoms with Crippen LogP contribution in [0.1, 0.15) is 13.8 Å². The van der Waals surface area contributed by atoms with Gasteiger partial charge < -0.3 is 20.9 Å². The average molecular weight is 380 g/mol. The highest BCUT2D eigenvalue weighted by Gasteiger charge is 2.16. The van der Waals surface area contributed by atoms with Gasteiger partial charge in [-0.2, -0.15) is 0 Å². The topological polar surface area (TPSA) is 93.3 Å². The Morgan fingerprint density at radius 1 is 1.15 bits per heavy atom. The van der Waals surface area contributed by atoms with E-state index >= 15 is 0 Å². The molecule has 2 aromatic carbocycles. The molecule has 0 saturated heterocycles. The summed E-state index contributed by atoms with van der Waals surface area (Å²) in [4.78, 5) is 8.79. The fourth-order valence-electron chi connectivity index (χ4n) is 2.64. The minimum Gasteiger partial charge on any atom is -0.507 e. The summed E-state index contributed by atoms with van der Waals surface area (Å²) in [5, 5.41) is 13.4. The number of nitrogens with two attached hydrogens (primary N) is 1. The smallest absolute Gasteiger partial charge is 0.229 e. The van der Waals surface area contributed by atoms with Gasteiger partial charge in [0.15, 0.2) is 5.11 Å². The standard InChI is InChI=1S/C20H20N4O2S/c1-12(2)26-14-8-9-15(17(25)10-14)18-16(13-6-4-3-5-7-13)11-22-20(23-18)24-19(21)27/h3-12,25H,1-2H3,(H3,21,22,23,24,27). The maximum absolute atomic E-state index is 10.6. The number of aromatic hydroxyl groups is 1. The number of nitrogens with one attached hydrogen (secondary N) is 1. The molecule has 0 aliphatic carbocycles. The minimum absolute atomic E-state index is 0.00977. The van der Waals surface area contributed by atoms with Gasteiger partial charge in [0.25, 0.3) is 0 Å². The molecule has 4 N–H and O–H groups in total. The highest BCUT2D eigenvalue weighted by atomic mass is 32.1. The van der Waals surface area contributed by atoms with Gasteiger partial charge in [-0.15, -0.1) is 0 Å². The first-order chi connectivity index (χ1) is 12.9. The minimum atomic E-state index is 0.00977. The van der Waals surface area contributed by atoms with E-state index in [-0.39, 0.29) is 22.9 Å². The zero-order chi connectivity index (χ0) is 19.4. The second kappa shape index (κ2) is 8.01. The molecule has 0 saturated carbocycles. The third-order valence-electron chi connectivity index (χ3n) is 3.70. The van der Waals surface area contributed by atoms with Crippen molar-refractivity contribution in [1.82, 2.24) is 9.97 Å². The Labute approximate surface area is 163 Å². The quantitative estimate of drug-likeness (QED) is 0.577. The Balaban J connectivity index is 2.12. The van der Waals surface area contributed by atoms with Gasteiger partial charge in [0, 0.05) is 23.4 Å². The predicted octanol–water partition coefficient (Wildman–Crippen LogP) is 3.96. The molecule has 1 heterocycles. The van der Waals surface area contributed by atoms with Crippen molar-refractivity contribution in [2.24, 2.45) is 5.73 Å². The number of phenolic OH excluding ortho intramolecular Hbond substituents is 1. The molecule has 0 fully saturated rings. The van der Waals surface area contributed by atoms with Gasteiger partial charge >= 0.3 is 0 Å². The lowest BCUT2D eigenvalue weighted by molar-refractivity contribution is 0.241. The van der Waals surface area contributed by atoms with Crippen LogP contribution in [0, 0.1) is 0 Å². The molecule has 3 rings (SSSR count). The van der Waals surface area contributed by atoms with Crippen LogP contribution in [-0.4, -0.2) is 26.3 Å². The van der Waals surface area contributed by atoms with Gasteiger partial charge in [0.1, 0.15) is 11.5 Å². The van der Waals surface area contributed by atoms with E-state index in [4.69, 9.17) is 22.7 Å². The number of thiocarbonyl (C=S) groups is 1. The summed E-state index contributed by atoms with van der Waals surface area (Å²) in [5.41, 5.74) is 8.35. The van der Waals surface area contributed by atoms with E-state index in [1.165, 1.54) is 0 Å². The van der Waals surface area contributed by atoms with E-state index in [2.05, 4.69) is 15.3 Å². The van der Waals surface area contributed by atoms with Gasteiger partial charge in [0.2, 0.25) is 5.95 Å². The number of hydrogen-bond acceptors (Lipinski definition) is 5. The fourth-order valence-corrected chi connectivity index (χ4v) is 2.73. The highest BCUT2D eigenvalue weighted by Crippen LogP contribution is 2.37. The zero-order valence-corrected chi connectivity index (χ0v) is 15.8. The summed E-state index contributed by atoms with van der Waals surface area (Å²) in [5.74, 6) is 0.910. The van der Waals surface area contributed by atoms with Gasteiger partial charge in [-0.3, -0.25) is 0 Å². The van der Waals surface area contributed by atoms with Gasteiger partial charge in [-0.25, -0.2) is 9.97 Å². The average Bonchev–Trinajstić information content (AvgIpc) is 2.61. The summed E-state index contributed by atoms with van der Waals surface area (Å²) in [7, 11) is 0. The lowest BCUT2D eigenvalue weighted by Gasteiger charge is -2.14. The van der Waals surface area contributed by atoms with Crippen molar-refractivity contribution in [3.63, 3.8) is 0 Å². The molecule has 138 valence electrons. The predicted molar refractivity (Wildman–Crippen MR) is 111 cm³/mol. The molecule has 0 atom stereocenters. The van der Waals surface area contributed by atoms with E-state index in [1.54, 1.807) is 24.4 Å². The number of benzene rings is 2. The van der Waals surface area contributed by atoms with Crippen LogP contribution in [0.15, 0.2) is 54.7 Å². The summed E-state index contributed by atoms with van der Waals surface area (Å²) < 4.78 is 5.64. The van der Waals surface area contributed by atoms with Crippen LogP contribution >= 0.6 is 12.2 Å². The second-order valence-corrected chi connectivity index (χ2v) is 6.60. The molecule has 0 amide bonds. The molecule has 0 spiro atoms. The largest absolute Gasteiger partial charge is 0.507 e. The first kappa shape index (κ1) is 18.6. The van der Waals surface area contributed by atoms with Crippen LogP contribution in [0.5, 0.6) is 11.5 Å². The molecule has 0 unspecified atom stereocenters. The molecule has 1 aromatic heterocycles. The van der Waals surface area contributed by atoms with E-state index in [1.807, 2.05) is 44.2 Å². The number of rotatable bonds is 5. The van der Waals surface area contributed by atoms with Crippen LogP contribution in [0.25, 0.3) is 22.4 Å². The van der Waals surface area contributed by atoms with Crippen LogP contribution in [-0.2, 0) is 0 Å². The SMILES string of the molecule is CC(C)Oc1ccc(-c2nc(NC(N)=S)ncc2-c2ccccc2)c(O)c1. The summed E-state index contributed by atoms with van der Waals surface area (Å²) in [6, 6.07) is 14.8. The van der Waals surface area contributed by atoms with Gasteiger partial charge in [-0.1, -0.05) is 30.3 Å². The first-order valence-electron chi connectivity index (χ1n) is 8.43.